The van der Waals surface area contributed by atoms with E-state index in [0.717, 1.165) is 19.3 Å². The van der Waals surface area contributed by atoms with Crippen molar-refractivity contribution in [2.75, 3.05) is 25.5 Å². The molecule has 0 atom stereocenters. The maximum absolute atomic E-state index is 12.0. The Kier molecular flexibility index (Phi) is 7.18. The van der Waals surface area contributed by atoms with Crippen molar-refractivity contribution in [2.24, 2.45) is 0 Å². The molecule has 0 aromatic heterocycles. The quantitative estimate of drug-likeness (QED) is 0.653. The SMILES string of the molecule is CN(CCCCCO)C(=O)Nc1cc(Br)cc(C(=O)O)c1. The van der Waals surface area contributed by atoms with Gasteiger partial charge in [-0.1, -0.05) is 15.9 Å². The maximum atomic E-state index is 12.0. The zero-order valence-electron chi connectivity index (χ0n) is 11.8. The van der Waals surface area contributed by atoms with E-state index in [1.54, 1.807) is 13.1 Å². The third-order valence-corrected chi connectivity index (χ3v) is 3.35. The number of carboxylic acid groups (broad SMARTS) is 1. The minimum atomic E-state index is -1.05. The van der Waals surface area contributed by atoms with Gasteiger partial charge in [-0.05, 0) is 37.5 Å². The second-order valence-electron chi connectivity index (χ2n) is 4.67. The Morgan fingerprint density at radius 1 is 1.24 bits per heavy atom. The normalized spacial score (nSPS) is 10.2. The number of aliphatic hydroxyl groups is 1. The molecular formula is C14H19BrN2O4. The minimum Gasteiger partial charge on any atom is -0.478 e. The molecule has 0 unspecified atom stereocenters. The molecule has 1 rings (SSSR count). The van der Waals surface area contributed by atoms with Crippen LogP contribution in [0.2, 0.25) is 0 Å². The number of aliphatic hydroxyl groups excluding tert-OH is 1. The molecule has 21 heavy (non-hydrogen) atoms. The number of unbranched alkanes of at least 4 members (excludes halogenated alkanes) is 2. The fraction of sp³-hybridized carbons (Fsp3) is 0.429. The molecular weight excluding hydrogens is 340 g/mol. The lowest BCUT2D eigenvalue weighted by atomic mass is 10.2. The van der Waals surface area contributed by atoms with Gasteiger partial charge in [0.15, 0.2) is 0 Å². The van der Waals surface area contributed by atoms with Crippen molar-refractivity contribution in [3.05, 3.63) is 28.2 Å². The molecule has 0 spiro atoms. The van der Waals surface area contributed by atoms with Gasteiger partial charge in [0.05, 0.1) is 5.56 Å². The van der Waals surface area contributed by atoms with Gasteiger partial charge in [0.2, 0.25) is 0 Å². The summed E-state index contributed by atoms with van der Waals surface area (Å²) in [5.41, 5.74) is 0.527. The van der Waals surface area contributed by atoms with Crippen molar-refractivity contribution >= 4 is 33.6 Å². The van der Waals surface area contributed by atoms with E-state index in [-0.39, 0.29) is 18.2 Å². The standard InChI is InChI=1S/C14H19BrN2O4/c1-17(5-3-2-4-6-18)14(21)16-12-8-10(13(19)20)7-11(15)9-12/h7-9,18H,2-6H2,1H3,(H,16,21)(H,19,20). The van der Waals surface area contributed by atoms with Crippen LogP contribution in [0.4, 0.5) is 10.5 Å². The summed E-state index contributed by atoms with van der Waals surface area (Å²) in [5.74, 6) is -1.05. The fourth-order valence-electron chi connectivity index (χ4n) is 1.74. The molecule has 0 aliphatic carbocycles. The third kappa shape index (κ3) is 6.14. The second kappa shape index (κ2) is 8.63. The molecule has 116 valence electrons. The number of rotatable bonds is 7. The van der Waals surface area contributed by atoms with Crippen molar-refractivity contribution in [3.8, 4) is 0 Å². The number of hydrogen-bond acceptors (Lipinski definition) is 3. The molecule has 0 heterocycles. The zero-order valence-corrected chi connectivity index (χ0v) is 13.4. The van der Waals surface area contributed by atoms with Crippen LogP contribution >= 0.6 is 15.9 Å². The number of carbonyl (C=O) groups excluding carboxylic acids is 1. The summed E-state index contributed by atoms with van der Waals surface area (Å²) in [6.07, 6.45) is 2.39. The average molecular weight is 359 g/mol. The molecule has 2 amide bonds. The van der Waals surface area contributed by atoms with Crippen LogP contribution in [0.5, 0.6) is 0 Å². The first-order chi connectivity index (χ1) is 9.93. The number of halogens is 1. The van der Waals surface area contributed by atoms with Crippen molar-refractivity contribution in [2.45, 2.75) is 19.3 Å². The highest BCUT2D eigenvalue weighted by Crippen LogP contribution is 2.20. The number of nitrogens with one attached hydrogen (secondary N) is 1. The maximum Gasteiger partial charge on any atom is 0.335 e. The Morgan fingerprint density at radius 2 is 1.95 bits per heavy atom. The van der Waals surface area contributed by atoms with Crippen LogP contribution in [-0.4, -0.2) is 47.3 Å². The lowest BCUT2D eigenvalue weighted by molar-refractivity contribution is 0.0696. The van der Waals surface area contributed by atoms with Crippen LogP contribution in [-0.2, 0) is 0 Å². The summed E-state index contributed by atoms with van der Waals surface area (Å²) in [6, 6.07) is 4.22. The molecule has 0 aliphatic heterocycles. The molecule has 3 N–H and O–H groups in total. The molecule has 0 fully saturated rings. The third-order valence-electron chi connectivity index (χ3n) is 2.89. The topological polar surface area (TPSA) is 89.9 Å². The number of hydrogen-bond donors (Lipinski definition) is 3. The monoisotopic (exact) mass is 358 g/mol. The van der Waals surface area contributed by atoms with Gasteiger partial charge in [0.25, 0.3) is 0 Å². The largest absolute Gasteiger partial charge is 0.478 e. The van der Waals surface area contributed by atoms with E-state index >= 15 is 0 Å². The summed E-state index contributed by atoms with van der Waals surface area (Å²) in [7, 11) is 1.67. The molecule has 0 bridgehead atoms. The van der Waals surface area contributed by atoms with Crippen LogP contribution in [0.1, 0.15) is 29.6 Å². The van der Waals surface area contributed by atoms with E-state index in [2.05, 4.69) is 21.2 Å². The van der Waals surface area contributed by atoms with Crippen LogP contribution in [0, 0.1) is 0 Å². The first kappa shape index (κ1) is 17.5. The van der Waals surface area contributed by atoms with Crippen molar-refractivity contribution < 1.29 is 19.8 Å². The first-order valence-electron chi connectivity index (χ1n) is 6.61. The molecule has 1 aromatic rings. The second-order valence-corrected chi connectivity index (χ2v) is 5.59. The van der Waals surface area contributed by atoms with E-state index in [4.69, 9.17) is 10.2 Å². The Morgan fingerprint density at radius 3 is 2.57 bits per heavy atom. The number of carboxylic acids is 1. The van der Waals surface area contributed by atoms with E-state index in [1.165, 1.54) is 17.0 Å². The number of aromatic carboxylic acids is 1. The van der Waals surface area contributed by atoms with E-state index in [1.807, 2.05) is 0 Å². The Bertz CT molecular complexity index is 508. The van der Waals surface area contributed by atoms with E-state index in [9.17, 15) is 9.59 Å². The van der Waals surface area contributed by atoms with E-state index < -0.39 is 5.97 Å². The number of urea groups is 1. The first-order valence-corrected chi connectivity index (χ1v) is 7.40. The summed E-state index contributed by atoms with van der Waals surface area (Å²) >= 11 is 3.22. The van der Waals surface area contributed by atoms with Crippen LogP contribution in [0.25, 0.3) is 0 Å². The summed E-state index contributed by atoms with van der Waals surface area (Å²) in [5, 5.41) is 20.3. The lowest BCUT2D eigenvalue weighted by Crippen LogP contribution is -2.32. The highest BCUT2D eigenvalue weighted by atomic mass is 79.9. The lowest BCUT2D eigenvalue weighted by Gasteiger charge is -2.18. The number of benzene rings is 1. The Hall–Kier alpha value is -1.60. The number of nitrogens with zero attached hydrogens (tertiary/aromatic N) is 1. The smallest absolute Gasteiger partial charge is 0.335 e. The van der Waals surface area contributed by atoms with Gasteiger partial charge >= 0.3 is 12.0 Å². The number of anilines is 1. The molecule has 7 heteroatoms. The van der Waals surface area contributed by atoms with Gasteiger partial charge in [0.1, 0.15) is 0 Å². The van der Waals surface area contributed by atoms with Crippen LogP contribution < -0.4 is 5.32 Å². The summed E-state index contributed by atoms with van der Waals surface area (Å²) in [6.45, 7) is 0.734. The molecule has 0 aliphatic rings. The van der Waals surface area contributed by atoms with Crippen LogP contribution in [0.3, 0.4) is 0 Å². The van der Waals surface area contributed by atoms with Gasteiger partial charge in [-0.25, -0.2) is 9.59 Å². The predicted octanol–water partition coefficient (Wildman–Crippen LogP) is 2.77. The van der Waals surface area contributed by atoms with Gasteiger partial charge in [0, 0.05) is 30.4 Å². The summed E-state index contributed by atoms with van der Waals surface area (Å²) < 4.78 is 0.586. The van der Waals surface area contributed by atoms with Crippen LogP contribution in [0.15, 0.2) is 22.7 Å². The van der Waals surface area contributed by atoms with Crippen molar-refractivity contribution in [1.82, 2.24) is 4.90 Å². The van der Waals surface area contributed by atoms with Gasteiger partial charge in [-0.3, -0.25) is 0 Å². The predicted molar refractivity (Wildman–Crippen MR) is 83.7 cm³/mol. The van der Waals surface area contributed by atoms with E-state index in [0.29, 0.717) is 16.7 Å². The average Bonchev–Trinajstić information content (AvgIpc) is 2.42. The molecule has 0 radical (unpaired) electrons. The minimum absolute atomic E-state index is 0.102. The molecule has 6 nitrogen and oxygen atoms in total. The highest BCUT2D eigenvalue weighted by molar-refractivity contribution is 9.10. The Balaban J connectivity index is 2.59. The molecule has 1 aromatic carbocycles. The zero-order chi connectivity index (χ0) is 15.8. The highest BCUT2D eigenvalue weighted by Gasteiger charge is 2.11. The molecule has 0 saturated carbocycles. The number of carbonyl (C=O) groups is 2. The molecule has 0 saturated heterocycles. The fourth-order valence-corrected chi connectivity index (χ4v) is 2.24. The Labute approximate surface area is 131 Å². The van der Waals surface area contributed by atoms with Gasteiger partial charge < -0.3 is 20.4 Å². The van der Waals surface area contributed by atoms with Crippen molar-refractivity contribution in [1.29, 1.82) is 0 Å². The number of amides is 2. The van der Waals surface area contributed by atoms with Gasteiger partial charge in [-0.2, -0.15) is 0 Å². The summed E-state index contributed by atoms with van der Waals surface area (Å²) in [4.78, 5) is 24.5. The van der Waals surface area contributed by atoms with Gasteiger partial charge in [-0.15, -0.1) is 0 Å². The van der Waals surface area contributed by atoms with Crippen molar-refractivity contribution in [3.63, 3.8) is 0 Å².